The van der Waals surface area contributed by atoms with E-state index in [1.807, 2.05) is 18.2 Å². The average Bonchev–Trinajstić information content (AvgIpc) is 3.07. The highest BCUT2D eigenvalue weighted by molar-refractivity contribution is 5.87. The second-order valence-corrected chi connectivity index (χ2v) is 6.52. The molecule has 26 heavy (non-hydrogen) atoms. The Morgan fingerprint density at radius 3 is 2.85 bits per heavy atom. The van der Waals surface area contributed by atoms with Crippen molar-refractivity contribution in [3.05, 3.63) is 70.7 Å². The van der Waals surface area contributed by atoms with Crippen molar-refractivity contribution in [3.8, 4) is 11.9 Å². The van der Waals surface area contributed by atoms with Gasteiger partial charge in [0.25, 0.3) is 0 Å². The number of hydrogen-bond acceptors (Lipinski definition) is 4. The molecule has 1 aromatic heterocycles. The largest absolute Gasteiger partial charge is 0.420 e. The summed E-state index contributed by atoms with van der Waals surface area (Å²) in [5.74, 6) is 0.331. The van der Waals surface area contributed by atoms with Gasteiger partial charge in [-0.2, -0.15) is 5.26 Å². The van der Waals surface area contributed by atoms with Crippen LogP contribution in [-0.2, 0) is 6.42 Å². The van der Waals surface area contributed by atoms with Crippen LogP contribution < -0.4 is 10.5 Å². The standard InChI is InChI=1S/C21H20N4O/c1-2-3-11-17-19-18(16(12-22)20(23)26-21(19)25-24-17)15-10-6-8-13-7-4-5-9-14(13)15/h4-10,18H,2-3,11,23H2,1H3,(H,24,25)/t18-/m1/s1. The van der Waals surface area contributed by atoms with Crippen molar-refractivity contribution in [2.75, 3.05) is 0 Å². The normalized spacial score (nSPS) is 16.2. The number of H-pyrrole nitrogens is 1. The lowest BCUT2D eigenvalue weighted by atomic mass is 9.81. The summed E-state index contributed by atoms with van der Waals surface area (Å²) < 4.78 is 5.65. The SMILES string of the molecule is CCCCc1[nH]nc2c1[C@H](c1cccc3ccccc13)C(C#N)=C(N)O2. The maximum absolute atomic E-state index is 9.80. The van der Waals surface area contributed by atoms with E-state index < -0.39 is 0 Å². The van der Waals surface area contributed by atoms with Crippen molar-refractivity contribution in [2.45, 2.75) is 32.1 Å². The Bertz CT molecular complexity index is 1040. The van der Waals surface area contributed by atoms with E-state index in [0.29, 0.717) is 11.5 Å². The number of aryl methyl sites for hydroxylation is 1. The summed E-state index contributed by atoms with van der Waals surface area (Å²) in [4.78, 5) is 0. The molecular formula is C21H20N4O. The van der Waals surface area contributed by atoms with Crippen molar-refractivity contribution in [2.24, 2.45) is 5.73 Å². The highest BCUT2D eigenvalue weighted by atomic mass is 16.5. The molecule has 0 radical (unpaired) electrons. The van der Waals surface area contributed by atoms with Crippen LogP contribution in [0.15, 0.2) is 53.9 Å². The Balaban J connectivity index is 1.96. The lowest BCUT2D eigenvalue weighted by molar-refractivity contribution is 0.379. The third-order valence-electron chi connectivity index (χ3n) is 4.93. The lowest BCUT2D eigenvalue weighted by Crippen LogP contribution is -2.21. The highest BCUT2D eigenvalue weighted by Crippen LogP contribution is 2.44. The van der Waals surface area contributed by atoms with Gasteiger partial charge in [0.05, 0.1) is 5.92 Å². The fraction of sp³-hybridized carbons (Fsp3) is 0.238. The Hall–Kier alpha value is -3.26. The van der Waals surface area contributed by atoms with Gasteiger partial charge in [-0.3, -0.25) is 5.10 Å². The molecule has 0 spiro atoms. The number of aromatic amines is 1. The van der Waals surface area contributed by atoms with Crippen LogP contribution in [0.2, 0.25) is 0 Å². The minimum Gasteiger partial charge on any atom is -0.420 e. The molecule has 5 nitrogen and oxygen atoms in total. The number of nitriles is 1. The number of ether oxygens (including phenoxy) is 1. The van der Waals surface area contributed by atoms with Crippen LogP contribution in [0, 0.1) is 11.3 Å². The Labute approximate surface area is 152 Å². The second-order valence-electron chi connectivity index (χ2n) is 6.52. The van der Waals surface area contributed by atoms with Crippen molar-refractivity contribution in [1.82, 2.24) is 10.2 Å². The molecule has 1 atom stereocenters. The fourth-order valence-corrected chi connectivity index (χ4v) is 3.67. The summed E-state index contributed by atoms with van der Waals surface area (Å²) in [5.41, 5.74) is 9.50. The molecule has 4 rings (SSSR count). The van der Waals surface area contributed by atoms with Gasteiger partial charge in [-0.05, 0) is 29.2 Å². The average molecular weight is 344 g/mol. The second kappa shape index (κ2) is 6.57. The molecule has 0 saturated carbocycles. The summed E-state index contributed by atoms with van der Waals surface area (Å²) in [6.45, 7) is 2.15. The lowest BCUT2D eigenvalue weighted by Gasteiger charge is -2.25. The molecule has 1 aliphatic rings. The number of rotatable bonds is 4. The molecule has 0 bridgehead atoms. The number of nitrogens with one attached hydrogen (secondary N) is 1. The number of aromatic nitrogens is 2. The topological polar surface area (TPSA) is 87.7 Å². The molecule has 0 saturated heterocycles. The van der Waals surface area contributed by atoms with Gasteiger partial charge >= 0.3 is 0 Å². The predicted molar refractivity (Wildman–Crippen MR) is 100 cm³/mol. The van der Waals surface area contributed by atoms with Gasteiger partial charge in [0.2, 0.25) is 11.8 Å². The number of fused-ring (bicyclic) bond motifs is 2. The molecule has 3 N–H and O–H groups in total. The van der Waals surface area contributed by atoms with E-state index in [-0.39, 0.29) is 11.8 Å². The fourth-order valence-electron chi connectivity index (χ4n) is 3.67. The summed E-state index contributed by atoms with van der Waals surface area (Å²) >= 11 is 0. The van der Waals surface area contributed by atoms with Gasteiger partial charge in [0.15, 0.2) is 0 Å². The molecule has 0 amide bonds. The monoisotopic (exact) mass is 344 g/mol. The Morgan fingerprint density at radius 1 is 1.23 bits per heavy atom. The third-order valence-corrected chi connectivity index (χ3v) is 4.93. The number of benzene rings is 2. The first-order valence-electron chi connectivity index (χ1n) is 8.87. The molecule has 5 heteroatoms. The number of hydrogen-bond donors (Lipinski definition) is 2. The smallest absolute Gasteiger partial charge is 0.244 e. The summed E-state index contributed by atoms with van der Waals surface area (Å²) in [6, 6.07) is 16.6. The van der Waals surface area contributed by atoms with E-state index in [4.69, 9.17) is 10.5 Å². The highest BCUT2D eigenvalue weighted by Gasteiger charge is 2.35. The maximum atomic E-state index is 9.80. The molecule has 2 heterocycles. The number of unbranched alkanes of at least 4 members (excludes halogenated alkanes) is 1. The molecule has 130 valence electrons. The van der Waals surface area contributed by atoms with Gasteiger partial charge in [-0.25, -0.2) is 0 Å². The summed E-state index contributed by atoms with van der Waals surface area (Å²) in [6.07, 6.45) is 2.98. The van der Waals surface area contributed by atoms with E-state index in [1.54, 1.807) is 0 Å². The van der Waals surface area contributed by atoms with E-state index in [0.717, 1.165) is 46.9 Å². The first kappa shape index (κ1) is 16.2. The quantitative estimate of drug-likeness (QED) is 0.745. The van der Waals surface area contributed by atoms with Crippen molar-refractivity contribution >= 4 is 10.8 Å². The zero-order chi connectivity index (χ0) is 18.1. The zero-order valence-electron chi connectivity index (χ0n) is 14.6. The Morgan fingerprint density at radius 2 is 2.04 bits per heavy atom. The van der Waals surface area contributed by atoms with Crippen LogP contribution >= 0.6 is 0 Å². The van der Waals surface area contributed by atoms with Gasteiger partial charge in [0, 0.05) is 11.3 Å². The third kappa shape index (κ3) is 2.51. The van der Waals surface area contributed by atoms with Crippen molar-refractivity contribution < 1.29 is 4.74 Å². The predicted octanol–water partition coefficient (Wildman–Crippen LogP) is 4.12. The number of allylic oxidation sites excluding steroid dienone is 1. The van der Waals surface area contributed by atoms with Gasteiger partial charge in [-0.15, -0.1) is 5.10 Å². The molecule has 0 aliphatic carbocycles. The maximum Gasteiger partial charge on any atom is 0.244 e. The van der Waals surface area contributed by atoms with E-state index in [1.165, 1.54) is 0 Å². The molecule has 0 unspecified atom stereocenters. The molecule has 1 aliphatic heterocycles. The Kier molecular flexibility index (Phi) is 4.10. The van der Waals surface area contributed by atoms with E-state index in [9.17, 15) is 5.26 Å². The van der Waals surface area contributed by atoms with Crippen molar-refractivity contribution in [1.29, 1.82) is 5.26 Å². The van der Waals surface area contributed by atoms with Crippen LogP contribution in [0.25, 0.3) is 10.8 Å². The number of nitrogens with zero attached hydrogens (tertiary/aromatic N) is 2. The minimum absolute atomic E-state index is 0.131. The minimum atomic E-state index is -0.277. The van der Waals surface area contributed by atoms with Crippen LogP contribution in [0.3, 0.4) is 0 Å². The van der Waals surface area contributed by atoms with Crippen LogP contribution in [-0.4, -0.2) is 10.2 Å². The number of nitrogens with two attached hydrogens (primary N) is 1. The van der Waals surface area contributed by atoms with Gasteiger partial charge < -0.3 is 10.5 Å². The van der Waals surface area contributed by atoms with Crippen LogP contribution in [0.1, 0.15) is 42.5 Å². The van der Waals surface area contributed by atoms with Gasteiger partial charge in [-0.1, -0.05) is 55.8 Å². The van der Waals surface area contributed by atoms with Gasteiger partial charge in [0.1, 0.15) is 11.6 Å². The van der Waals surface area contributed by atoms with Crippen LogP contribution in [0.4, 0.5) is 0 Å². The molecule has 0 fully saturated rings. The van der Waals surface area contributed by atoms with Crippen LogP contribution in [0.5, 0.6) is 5.88 Å². The zero-order valence-corrected chi connectivity index (χ0v) is 14.6. The first-order chi connectivity index (χ1) is 12.7. The van der Waals surface area contributed by atoms with E-state index >= 15 is 0 Å². The molecular weight excluding hydrogens is 324 g/mol. The first-order valence-corrected chi connectivity index (χ1v) is 8.87. The molecule has 2 aromatic carbocycles. The van der Waals surface area contributed by atoms with E-state index in [2.05, 4.69) is 47.5 Å². The summed E-state index contributed by atoms with van der Waals surface area (Å²) in [7, 11) is 0. The van der Waals surface area contributed by atoms with Crippen molar-refractivity contribution in [3.63, 3.8) is 0 Å². The molecule has 3 aromatic rings. The summed E-state index contributed by atoms with van der Waals surface area (Å²) in [5, 5.41) is 19.4.